The van der Waals surface area contributed by atoms with Gasteiger partial charge in [-0.1, -0.05) is 19.1 Å². The summed E-state index contributed by atoms with van der Waals surface area (Å²) < 4.78 is 4.65. The summed E-state index contributed by atoms with van der Waals surface area (Å²) in [5.74, 6) is 0.389. The van der Waals surface area contributed by atoms with Crippen LogP contribution < -0.4 is 4.65 Å². The van der Waals surface area contributed by atoms with E-state index in [1.807, 2.05) is 6.92 Å². The average molecular weight is 210 g/mol. The van der Waals surface area contributed by atoms with Gasteiger partial charge in [-0.05, 0) is 30.5 Å². The molecule has 0 amide bonds. The number of aliphatic hydroxyl groups is 1. The summed E-state index contributed by atoms with van der Waals surface area (Å²) in [6.45, 7) is 1.92. The van der Waals surface area contributed by atoms with Crippen LogP contribution in [0, 0.1) is 0 Å². The van der Waals surface area contributed by atoms with Crippen molar-refractivity contribution >= 4 is 7.32 Å². The van der Waals surface area contributed by atoms with Crippen LogP contribution in [0.5, 0.6) is 5.75 Å². The van der Waals surface area contributed by atoms with Gasteiger partial charge in [0.15, 0.2) is 0 Å². The van der Waals surface area contributed by atoms with Gasteiger partial charge in [0, 0.05) is 0 Å². The predicted molar refractivity (Wildman–Crippen MR) is 57.3 cm³/mol. The zero-order valence-corrected chi connectivity index (χ0v) is 8.63. The first-order valence-electron chi connectivity index (χ1n) is 4.91. The van der Waals surface area contributed by atoms with Crippen LogP contribution in [-0.4, -0.2) is 28.6 Å². The van der Waals surface area contributed by atoms with Crippen molar-refractivity contribution in [3.8, 4) is 5.75 Å². The molecule has 0 aliphatic carbocycles. The minimum Gasteiger partial charge on any atom is -0.512 e. The van der Waals surface area contributed by atoms with Crippen LogP contribution in [0.3, 0.4) is 0 Å². The van der Waals surface area contributed by atoms with Crippen molar-refractivity contribution in [2.24, 2.45) is 0 Å². The van der Waals surface area contributed by atoms with Gasteiger partial charge in [-0.2, -0.15) is 0 Å². The number of hydrogen-bond acceptors (Lipinski definition) is 4. The highest BCUT2D eigenvalue weighted by atomic mass is 16.6. The maximum atomic E-state index is 9.41. The zero-order valence-electron chi connectivity index (χ0n) is 8.63. The molecule has 0 aliphatic rings. The van der Waals surface area contributed by atoms with Crippen LogP contribution in [-0.2, 0) is 6.42 Å². The summed E-state index contributed by atoms with van der Waals surface area (Å²) in [7, 11) is -1.79. The van der Waals surface area contributed by atoms with Crippen LogP contribution in [0.25, 0.3) is 0 Å². The third-order valence-corrected chi connectivity index (χ3v) is 2.11. The zero-order chi connectivity index (χ0) is 11.3. The molecule has 1 atom stereocenters. The molecule has 3 N–H and O–H groups in total. The topological polar surface area (TPSA) is 69.9 Å². The van der Waals surface area contributed by atoms with Crippen molar-refractivity contribution in [2.45, 2.75) is 25.9 Å². The summed E-state index contributed by atoms with van der Waals surface area (Å²) >= 11 is 0. The lowest BCUT2D eigenvalue weighted by atomic mass is 10.1. The molecule has 0 radical (unpaired) electrons. The van der Waals surface area contributed by atoms with Crippen LogP contribution in [0.2, 0.25) is 0 Å². The highest BCUT2D eigenvalue weighted by molar-refractivity contribution is 6.33. The molecule has 1 aromatic rings. The van der Waals surface area contributed by atoms with Crippen LogP contribution in [0.1, 0.15) is 18.9 Å². The quantitative estimate of drug-likeness (QED) is 0.613. The normalized spacial score (nSPS) is 12.3. The fourth-order valence-corrected chi connectivity index (χ4v) is 1.24. The lowest BCUT2D eigenvalue weighted by Gasteiger charge is -2.09. The molecular formula is C10H15BO4. The van der Waals surface area contributed by atoms with E-state index in [9.17, 15) is 5.11 Å². The van der Waals surface area contributed by atoms with E-state index < -0.39 is 7.32 Å². The smallest absolute Gasteiger partial charge is 0.512 e. The van der Waals surface area contributed by atoms with Crippen molar-refractivity contribution in [3.63, 3.8) is 0 Å². The Morgan fingerprint density at radius 2 is 1.87 bits per heavy atom. The monoisotopic (exact) mass is 210 g/mol. The molecule has 0 spiro atoms. The maximum Gasteiger partial charge on any atom is 0.707 e. The van der Waals surface area contributed by atoms with Crippen LogP contribution in [0.15, 0.2) is 24.3 Å². The Labute approximate surface area is 89.3 Å². The Hall–Kier alpha value is -1.04. The van der Waals surface area contributed by atoms with Crippen molar-refractivity contribution < 1.29 is 19.8 Å². The Balaban J connectivity index is 2.56. The van der Waals surface area contributed by atoms with Gasteiger partial charge < -0.3 is 19.8 Å². The Morgan fingerprint density at radius 1 is 1.27 bits per heavy atom. The standard InChI is InChI=1S/C10H15BO4/c1-2-9(12)7-8-3-5-10(6-4-8)15-11(13)14/h3-6,9,12-14H,2,7H2,1H3. The summed E-state index contributed by atoms with van der Waals surface area (Å²) in [4.78, 5) is 0. The fraction of sp³-hybridized carbons (Fsp3) is 0.400. The molecule has 15 heavy (non-hydrogen) atoms. The number of aliphatic hydroxyl groups excluding tert-OH is 1. The Kier molecular flexibility index (Phi) is 4.61. The fourth-order valence-electron chi connectivity index (χ4n) is 1.24. The number of benzene rings is 1. The first-order valence-corrected chi connectivity index (χ1v) is 4.91. The molecule has 1 rings (SSSR count). The molecule has 0 aliphatic heterocycles. The molecule has 1 unspecified atom stereocenters. The summed E-state index contributed by atoms with van der Waals surface area (Å²) in [6.07, 6.45) is 0.978. The molecule has 0 fully saturated rings. The van der Waals surface area contributed by atoms with E-state index in [-0.39, 0.29) is 6.10 Å². The van der Waals surface area contributed by atoms with E-state index in [1.54, 1.807) is 24.3 Å². The van der Waals surface area contributed by atoms with Crippen molar-refractivity contribution in [1.29, 1.82) is 0 Å². The summed E-state index contributed by atoms with van der Waals surface area (Å²) in [5, 5.41) is 26.5. The summed E-state index contributed by atoms with van der Waals surface area (Å²) in [5.41, 5.74) is 0.990. The summed E-state index contributed by atoms with van der Waals surface area (Å²) in [6, 6.07) is 6.85. The highest BCUT2D eigenvalue weighted by Crippen LogP contribution is 2.14. The van der Waals surface area contributed by atoms with Crippen LogP contribution >= 0.6 is 0 Å². The largest absolute Gasteiger partial charge is 0.707 e. The molecule has 1 aromatic carbocycles. The van der Waals surface area contributed by atoms with Gasteiger partial charge in [0.2, 0.25) is 0 Å². The first kappa shape index (κ1) is 12.0. The predicted octanol–water partition coefficient (Wildman–Crippen LogP) is 0.348. The lowest BCUT2D eigenvalue weighted by Crippen LogP contribution is -2.20. The van der Waals surface area contributed by atoms with Crippen LogP contribution in [0.4, 0.5) is 0 Å². The van der Waals surface area contributed by atoms with E-state index in [1.165, 1.54) is 0 Å². The Morgan fingerprint density at radius 3 is 2.33 bits per heavy atom. The van der Waals surface area contributed by atoms with E-state index in [4.69, 9.17) is 10.0 Å². The first-order chi connectivity index (χ1) is 7.11. The lowest BCUT2D eigenvalue weighted by molar-refractivity contribution is 0.171. The molecule has 0 saturated heterocycles. The van der Waals surface area contributed by atoms with Crippen molar-refractivity contribution in [1.82, 2.24) is 0 Å². The van der Waals surface area contributed by atoms with Gasteiger partial charge in [-0.15, -0.1) is 0 Å². The third kappa shape index (κ3) is 4.33. The van der Waals surface area contributed by atoms with Crippen molar-refractivity contribution in [3.05, 3.63) is 29.8 Å². The highest BCUT2D eigenvalue weighted by Gasteiger charge is 2.10. The van der Waals surface area contributed by atoms with Gasteiger partial charge in [0.25, 0.3) is 0 Å². The number of hydrogen-bond donors (Lipinski definition) is 3. The number of rotatable bonds is 5. The molecule has 0 bridgehead atoms. The maximum absolute atomic E-state index is 9.41. The van der Waals surface area contributed by atoms with Crippen molar-refractivity contribution in [2.75, 3.05) is 0 Å². The molecule has 5 heteroatoms. The second-order valence-electron chi connectivity index (χ2n) is 3.35. The average Bonchev–Trinajstić information content (AvgIpc) is 2.20. The van der Waals surface area contributed by atoms with Gasteiger partial charge >= 0.3 is 7.32 Å². The third-order valence-electron chi connectivity index (χ3n) is 2.11. The minimum absolute atomic E-state index is 0.333. The van der Waals surface area contributed by atoms with Gasteiger partial charge in [-0.3, -0.25) is 0 Å². The molecule has 0 aromatic heterocycles. The van der Waals surface area contributed by atoms with Gasteiger partial charge in [-0.25, -0.2) is 0 Å². The molecule has 0 heterocycles. The minimum atomic E-state index is -1.79. The SMILES string of the molecule is CCC(O)Cc1ccc(OB(O)O)cc1. The van der Waals surface area contributed by atoms with E-state index in [2.05, 4.69) is 4.65 Å². The van der Waals surface area contributed by atoms with E-state index in [0.29, 0.717) is 18.6 Å². The Bertz CT molecular complexity index is 286. The second kappa shape index (κ2) is 5.75. The molecule has 82 valence electrons. The second-order valence-corrected chi connectivity index (χ2v) is 3.35. The van der Waals surface area contributed by atoms with E-state index in [0.717, 1.165) is 5.56 Å². The van der Waals surface area contributed by atoms with E-state index >= 15 is 0 Å². The molecule has 4 nitrogen and oxygen atoms in total. The molecular weight excluding hydrogens is 195 g/mol. The molecule has 0 saturated carbocycles. The van der Waals surface area contributed by atoms with Gasteiger partial charge in [0.05, 0.1) is 6.10 Å². The van der Waals surface area contributed by atoms with Gasteiger partial charge in [0.1, 0.15) is 5.75 Å².